The van der Waals surface area contributed by atoms with E-state index >= 15 is 0 Å². The molecule has 2 unspecified atom stereocenters. The van der Waals surface area contributed by atoms with E-state index in [1.54, 1.807) is 21.1 Å². The van der Waals surface area contributed by atoms with Crippen molar-refractivity contribution in [2.75, 3.05) is 41.0 Å². The lowest BCUT2D eigenvalue weighted by Crippen LogP contribution is -2.55. The molecule has 0 fully saturated rings. The molecule has 0 aromatic heterocycles. The second-order valence-corrected chi connectivity index (χ2v) is 16.3. The first-order valence-electron chi connectivity index (χ1n) is 22.8. The van der Waals surface area contributed by atoms with Crippen LogP contribution >= 0.6 is 0 Å². The Morgan fingerprint density at radius 1 is 0.544 bits per heavy atom. The van der Waals surface area contributed by atoms with Crippen LogP contribution in [0.3, 0.4) is 0 Å². The number of unbranched alkanes of at least 4 members (excludes halogenated alkanes) is 16. The van der Waals surface area contributed by atoms with Crippen LogP contribution in [0.5, 0.6) is 0 Å². The summed E-state index contributed by atoms with van der Waals surface area (Å²) in [4.78, 5) is 36.9. The van der Waals surface area contributed by atoms with Gasteiger partial charge >= 0.3 is 11.9 Å². The Morgan fingerprint density at radius 2 is 0.982 bits per heavy atom. The molecule has 2 atom stereocenters. The topological polar surface area (TPSA) is 102 Å². The average Bonchev–Trinajstić information content (AvgIpc) is 3.17. The normalized spacial score (nSPS) is 13.5. The first-order valence-corrected chi connectivity index (χ1v) is 22.8. The number of carbonyl (C=O) groups is 3. The van der Waals surface area contributed by atoms with E-state index in [0.717, 1.165) is 83.5 Å². The van der Waals surface area contributed by atoms with Crippen molar-refractivity contribution in [3.63, 3.8) is 0 Å². The Hall–Kier alpha value is -2.97. The number of aliphatic carboxylic acids is 1. The van der Waals surface area contributed by atoms with Gasteiger partial charge in [0.15, 0.2) is 6.10 Å². The van der Waals surface area contributed by atoms with Gasteiger partial charge in [-0.05, 0) is 77.0 Å². The summed E-state index contributed by atoms with van der Waals surface area (Å²) in [6.45, 7) is 4.50. The molecule has 8 heteroatoms. The third-order valence-electron chi connectivity index (χ3n) is 9.89. The Balaban J connectivity index is 4.36. The zero-order valence-electron chi connectivity index (χ0n) is 37.2. The van der Waals surface area contributed by atoms with Crippen molar-refractivity contribution in [1.82, 2.24) is 0 Å². The molecular formula is C49H85NO7. The van der Waals surface area contributed by atoms with Crippen LogP contribution < -0.4 is 5.11 Å². The van der Waals surface area contributed by atoms with E-state index in [-0.39, 0.29) is 42.7 Å². The second kappa shape index (κ2) is 39.8. The Labute approximate surface area is 349 Å². The number of hydrogen-bond donors (Lipinski definition) is 0. The van der Waals surface area contributed by atoms with E-state index in [1.807, 2.05) is 0 Å². The molecule has 0 heterocycles. The third-order valence-corrected chi connectivity index (χ3v) is 9.89. The zero-order valence-corrected chi connectivity index (χ0v) is 37.2. The standard InChI is InChI=1S/C49H85NO7/c1-6-8-10-12-14-16-18-20-22-24-26-27-29-31-33-35-37-39-47(51)56-44-45(43-55-42-41-46(49(53)54)50(3,4)5)57-48(52)40-38-36-34-32-30-28-25-23-21-19-17-15-13-11-9-7-2/h9,11,14-17,20-23,45-46H,6-8,10,12-13,18-19,24-44H2,1-5H3/b11-9+,16-14+,17-15+,22-20+,23-21+. The summed E-state index contributed by atoms with van der Waals surface area (Å²) in [6, 6.07) is -0.731. The third kappa shape index (κ3) is 38.3. The molecule has 0 aliphatic carbocycles. The fourth-order valence-corrected chi connectivity index (χ4v) is 6.35. The number of esters is 2. The molecular weight excluding hydrogens is 715 g/mol. The van der Waals surface area contributed by atoms with Crippen molar-refractivity contribution in [2.24, 2.45) is 0 Å². The number of rotatable bonds is 40. The van der Waals surface area contributed by atoms with Crippen LogP contribution in [0.4, 0.5) is 0 Å². The molecule has 0 aliphatic heterocycles. The van der Waals surface area contributed by atoms with Crippen molar-refractivity contribution in [3.05, 3.63) is 60.8 Å². The lowest BCUT2D eigenvalue weighted by Gasteiger charge is -2.34. The van der Waals surface area contributed by atoms with Gasteiger partial charge in [-0.25, -0.2) is 0 Å². The monoisotopic (exact) mass is 800 g/mol. The molecule has 0 saturated heterocycles. The van der Waals surface area contributed by atoms with E-state index in [0.29, 0.717) is 12.8 Å². The maximum atomic E-state index is 12.7. The fraction of sp³-hybridized carbons (Fsp3) is 0.735. The van der Waals surface area contributed by atoms with E-state index in [2.05, 4.69) is 74.6 Å². The average molecular weight is 800 g/mol. The minimum atomic E-state index is -1.13. The lowest BCUT2D eigenvalue weighted by atomic mass is 10.1. The van der Waals surface area contributed by atoms with Crippen molar-refractivity contribution in [3.8, 4) is 0 Å². The van der Waals surface area contributed by atoms with Crippen LogP contribution in [0.25, 0.3) is 0 Å². The molecule has 8 nitrogen and oxygen atoms in total. The maximum Gasteiger partial charge on any atom is 0.306 e. The van der Waals surface area contributed by atoms with Gasteiger partial charge in [-0.15, -0.1) is 0 Å². The molecule has 0 aromatic carbocycles. The molecule has 0 aromatic rings. The van der Waals surface area contributed by atoms with Gasteiger partial charge in [0.1, 0.15) is 12.6 Å². The van der Waals surface area contributed by atoms with E-state index in [9.17, 15) is 19.5 Å². The van der Waals surface area contributed by atoms with Crippen molar-refractivity contribution < 1.29 is 38.2 Å². The van der Waals surface area contributed by atoms with Crippen LogP contribution in [0, 0.1) is 0 Å². The molecule has 0 aliphatic rings. The molecule has 0 spiro atoms. The highest BCUT2D eigenvalue weighted by Gasteiger charge is 2.25. The summed E-state index contributed by atoms with van der Waals surface area (Å²) in [5, 5.41) is 11.6. The van der Waals surface area contributed by atoms with Gasteiger partial charge in [0.2, 0.25) is 0 Å². The number of likely N-dealkylation sites (N-methyl/N-ethyl adjacent to an activating group) is 1. The first kappa shape index (κ1) is 54.0. The van der Waals surface area contributed by atoms with Crippen molar-refractivity contribution >= 4 is 17.9 Å². The van der Waals surface area contributed by atoms with Gasteiger partial charge in [0, 0.05) is 19.3 Å². The van der Waals surface area contributed by atoms with Gasteiger partial charge in [-0.3, -0.25) is 9.59 Å². The number of nitrogens with zero attached hydrogens (tertiary/aromatic N) is 1. The Morgan fingerprint density at radius 3 is 1.46 bits per heavy atom. The van der Waals surface area contributed by atoms with Crippen LogP contribution in [-0.2, 0) is 28.6 Å². The SMILES string of the molecule is CC/C=C/C/C=C/C/C=C/CCCCCCCCC(=O)OC(COCCC(C(=O)[O-])[N+](C)(C)C)COC(=O)CCCCCCCCC/C=C/C/C=C/CCCCC. The van der Waals surface area contributed by atoms with Gasteiger partial charge in [-0.2, -0.15) is 0 Å². The highest BCUT2D eigenvalue weighted by Crippen LogP contribution is 2.13. The molecule has 0 amide bonds. The highest BCUT2D eigenvalue weighted by molar-refractivity contribution is 5.70. The van der Waals surface area contributed by atoms with Crippen LogP contribution in [0.15, 0.2) is 60.8 Å². The number of carboxylic acid groups (broad SMARTS) is 1. The van der Waals surface area contributed by atoms with Crippen LogP contribution in [0.1, 0.15) is 181 Å². The lowest BCUT2D eigenvalue weighted by molar-refractivity contribution is -0.889. The predicted octanol–water partition coefficient (Wildman–Crippen LogP) is 11.2. The summed E-state index contributed by atoms with van der Waals surface area (Å²) >= 11 is 0. The number of carbonyl (C=O) groups excluding carboxylic acids is 3. The van der Waals surface area contributed by atoms with Crippen molar-refractivity contribution in [2.45, 2.75) is 193 Å². The number of quaternary nitrogens is 1. The predicted molar refractivity (Wildman–Crippen MR) is 236 cm³/mol. The van der Waals surface area contributed by atoms with Gasteiger partial charge < -0.3 is 28.6 Å². The van der Waals surface area contributed by atoms with E-state index in [1.165, 1.54) is 64.2 Å². The van der Waals surface area contributed by atoms with Crippen LogP contribution in [0.2, 0.25) is 0 Å². The zero-order chi connectivity index (χ0) is 42.1. The minimum absolute atomic E-state index is 0.0307. The summed E-state index contributed by atoms with van der Waals surface area (Å²) in [6.07, 6.45) is 48.1. The maximum absolute atomic E-state index is 12.7. The Bertz CT molecular complexity index is 1120. The molecule has 0 N–H and O–H groups in total. The highest BCUT2D eigenvalue weighted by atomic mass is 16.6. The molecule has 0 saturated carbocycles. The number of ether oxygens (including phenoxy) is 3. The summed E-state index contributed by atoms with van der Waals surface area (Å²) in [7, 11) is 5.40. The van der Waals surface area contributed by atoms with Crippen molar-refractivity contribution in [1.29, 1.82) is 0 Å². The molecule has 0 rings (SSSR count). The second-order valence-electron chi connectivity index (χ2n) is 16.3. The Kier molecular flexibility index (Phi) is 37.8. The van der Waals surface area contributed by atoms with Gasteiger partial charge in [0.05, 0.1) is 40.3 Å². The van der Waals surface area contributed by atoms with Gasteiger partial charge in [-0.1, -0.05) is 145 Å². The summed E-state index contributed by atoms with van der Waals surface area (Å²) in [5.74, 6) is -1.77. The smallest absolute Gasteiger partial charge is 0.306 e. The van der Waals surface area contributed by atoms with E-state index < -0.39 is 18.1 Å². The van der Waals surface area contributed by atoms with Gasteiger partial charge in [0.25, 0.3) is 0 Å². The summed E-state index contributed by atoms with van der Waals surface area (Å²) in [5.41, 5.74) is 0. The quantitative estimate of drug-likeness (QED) is 0.0263. The number of allylic oxidation sites excluding steroid dienone is 10. The number of carboxylic acids is 1. The van der Waals surface area contributed by atoms with E-state index in [4.69, 9.17) is 14.2 Å². The fourth-order valence-electron chi connectivity index (χ4n) is 6.35. The molecule has 0 radical (unpaired) electrons. The largest absolute Gasteiger partial charge is 0.544 e. The first-order chi connectivity index (χ1) is 27.6. The van der Waals surface area contributed by atoms with Crippen LogP contribution in [-0.4, -0.2) is 75.5 Å². The number of hydrogen-bond acceptors (Lipinski definition) is 7. The minimum Gasteiger partial charge on any atom is -0.544 e. The molecule has 0 bridgehead atoms. The summed E-state index contributed by atoms with van der Waals surface area (Å²) < 4.78 is 17.2. The molecule has 328 valence electrons. The molecule has 57 heavy (non-hydrogen) atoms.